The van der Waals surface area contributed by atoms with E-state index in [2.05, 4.69) is 10.2 Å². The first-order chi connectivity index (χ1) is 16.9. The Labute approximate surface area is 218 Å². The van der Waals surface area contributed by atoms with Gasteiger partial charge in [-0.25, -0.2) is 4.79 Å². The lowest BCUT2D eigenvalue weighted by atomic mass is 9.89. The maximum Gasteiger partial charge on any atom is 0.347 e. The van der Waals surface area contributed by atoms with Gasteiger partial charge in [0, 0.05) is 36.9 Å². The molecule has 4 rings (SSSR count). The van der Waals surface area contributed by atoms with Crippen molar-refractivity contribution in [3.05, 3.63) is 56.2 Å². The van der Waals surface area contributed by atoms with Crippen LogP contribution in [0.5, 0.6) is 0 Å². The molecule has 2 heterocycles. The molecule has 1 saturated carbocycles. The summed E-state index contributed by atoms with van der Waals surface area (Å²) in [7, 11) is 4.09. The van der Waals surface area contributed by atoms with E-state index in [1.54, 1.807) is 17.5 Å². The van der Waals surface area contributed by atoms with Crippen LogP contribution in [0.1, 0.15) is 56.8 Å². The number of amides is 3. The zero-order valence-corrected chi connectivity index (χ0v) is 21.9. The van der Waals surface area contributed by atoms with E-state index < -0.39 is 29.9 Å². The molecule has 1 aromatic carbocycles. The molecule has 1 aromatic heterocycles. The second-order valence-electron chi connectivity index (χ2n) is 9.86. The summed E-state index contributed by atoms with van der Waals surface area (Å²) in [6, 6.07) is 5.72. The zero-order valence-electron chi connectivity index (χ0n) is 20.3. The number of halogens is 1. The second kappa shape index (κ2) is 9.84. The van der Waals surface area contributed by atoms with E-state index in [1.165, 1.54) is 17.4 Å². The van der Waals surface area contributed by atoms with Crippen molar-refractivity contribution in [3.63, 3.8) is 0 Å². The Morgan fingerprint density at radius 1 is 1.22 bits per heavy atom. The SMILES string of the molecule is CC(=O)N1CC(NC(=O)c2ccc(C3(CN(C)C)CC3)cc2)C(c2csc(C(=O)O)c2Cl)C1C(N)=O. The minimum Gasteiger partial charge on any atom is -0.477 e. The summed E-state index contributed by atoms with van der Waals surface area (Å²) in [6.45, 7) is 2.30. The van der Waals surface area contributed by atoms with Crippen LogP contribution in [-0.2, 0) is 15.0 Å². The number of nitrogens with two attached hydrogens (primary N) is 1. The van der Waals surface area contributed by atoms with Gasteiger partial charge in [-0.15, -0.1) is 11.3 Å². The highest BCUT2D eigenvalue weighted by Gasteiger charge is 2.49. The summed E-state index contributed by atoms with van der Waals surface area (Å²) < 4.78 is 0. The highest BCUT2D eigenvalue weighted by atomic mass is 35.5. The van der Waals surface area contributed by atoms with Crippen LogP contribution < -0.4 is 11.1 Å². The van der Waals surface area contributed by atoms with E-state index in [0.717, 1.165) is 30.7 Å². The molecule has 0 spiro atoms. The highest BCUT2D eigenvalue weighted by Crippen LogP contribution is 2.48. The van der Waals surface area contributed by atoms with Gasteiger partial charge in [-0.3, -0.25) is 14.4 Å². The van der Waals surface area contributed by atoms with Crippen molar-refractivity contribution in [2.24, 2.45) is 5.73 Å². The van der Waals surface area contributed by atoms with Crippen molar-refractivity contribution in [1.82, 2.24) is 15.1 Å². The number of benzene rings is 1. The van der Waals surface area contributed by atoms with Crippen LogP contribution in [0.4, 0.5) is 0 Å². The molecule has 3 atom stereocenters. The lowest BCUT2D eigenvalue weighted by molar-refractivity contribution is -0.135. The van der Waals surface area contributed by atoms with Gasteiger partial charge in [-0.1, -0.05) is 23.7 Å². The molecule has 11 heteroatoms. The lowest BCUT2D eigenvalue weighted by Crippen LogP contribution is -2.45. The fourth-order valence-electron chi connectivity index (χ4n) is 5.28. The molecule has 192 valence electrons. The van der Waals surface area contributed by atoms with Crippen molar-refractivity contribution in [2.45, 2.75) is 43.2 Å². The molecule has 4 N–H and O–H groups in total. The summed E-state index contributed by atoms with van der Waals surface area (Å²) in [5.74, 6) is -3.50. The van der Waals surface area contributed by atoms with E-state index in [9.17, 15) is 24.3 Å². The molecule has 3 amide bonds. The van der Waals surface area contributed by atoms with Crippen molar-refractivity contribution < 1.29 is 24.3 Å². The molecule has 1 saturated heterocycles. The number of primary amides is 1. The topological polar surface area (TPSA) is 133 Å². The predicted molar refractivity (Wildman–Crippen MR) is 137 cm³/mol. The molecule has 9 nitrogen and oxygen atoms in total. The number of nitrogens with zero attached hydrogens (tertiary/aromatic N) is 2. The summed E-state index contributed by atoms with van der Waals surface area (Å²) in [5.41, 5.74) is 7.79. The number of rotatable bonds is 8. The summed E-state index contributed by atoms with van der Waals surface area (Å²) in [4.78, 5) is 52.9. The maximum atomic E-state index is 13.2. The Morgan fingerprint density at radius 2 is 1.86 bits per heavy atom. The summed E-state index contributed by atoms with van der Waals surface area (Å²) in [5, 5.41) is 13.9. The lowest BCUT2D eigenvalue weighted by Gasteiger charge is -2.25. The number of carboxylic acid groups (broad SMARTS) is 1. The van der Waals surface area contributed by atoms with Crippen LogP contribution in [-0.4, -0.2) is 77.9 Å². The predicted octanol–water partition coefficient (Wildman–Crippen LogP) is 2.29. The average Bonchev–Trinajstić information content (AvgIpc) is 3.32. The number of likely N-dealkylation sites (N-methyl/N-ethyl adjacent to an activating group) is 1. The minimum absolute atomic E-state index is 0.0200. The van der Waals surface area contributed by atoms with Crippen molar-refractivity contribution in [3.8, 4) is 0 Å². The number of carbonyl (C=O) groups excluding carboxylic acids is 3. The largest absolute Gasteiger partial charge is 0.477 e. The first kappa shape index (κ1) is 26.1. The van der Waals surface area contributed by atoms with Crippen molar-refractivity contribution in [1.29, 1.82) is 0 Å². The minimum atomic E-state index is -1.20. The maximum absolute atomic E-state index is 13.2. The van der Waals surface area contributed by atoms with Crippen LogP contribution in [0.3, 0.4) is 0 Å². The number of hydrogen-bond acceptors (Lipinski definition) is 6. The molecule has 0 radical (unpaired) electrons. The molecule has 3 unspecified atom stereocenters. The number of carbonyl (C=O) groups is 4. The van der Waals surface area contributed by atoms with E-state index in [1.807, 2.05) is 26.2 Å². The van der Waals surface area contributed by atoms with Gasteiger partial charge in [0.1, 0.15) is 10.9 Å². The highest BCUT2D eigenvalue weighted by molar-refractivity contribution is 7.12. The Kier molecular flexibility index (Phi) is 7.14. The van der Waals surface area contributed by atoms with Gasteiger partial charge in [-0.05, 0) is 55.6 Å². The van der Waals surface area contributed by atoms with E-state index in [0.29, 0.717) is 11.1 Å². The van der Waals surface area contributed by atoms with Crippen LogP contribution >= 0.6 is 22.9 Å². The fourth-order valence-corrected chi connectivity index (χ4v) is 6.58. The number of nitrogens with one attached hydrogen (secondary N) is 1. The Hall–Kier alpha value is -2.95. The van der Waals surface area contributed by atoms with Gasteiger partial charge < -0.3 is 26.0 Å². The molecule has 2 aromatic rings. The van der Waals surface area contributed by atoms with Crippen LogP contribution in [0, 0.1) is 0 Å². The smallest absolute Gasteiger partial charge is 0.347 e. The van der Waals surface area contributed by atoms with Gasteiger partial charge in [-0.2, -0.15) is 0 Å². The number of aromatic carboxylic acids is 1. The van der Waals surface area contributed by atoms with Gasteiger partial charge in [0.25, 0.3) is 5.91 Å². The first-order valence-electron chi connectivity index (χ1n) is 11.6. The normalized spacial score (nSPS) is 22.5. The second-order valence-corrected chi connectivity index (χ2v) is 11.1. The number of thiophene rings is 1. The summed E-state index contributed by atoms with van der Waals surface area (Å²) >= 11 is 7.30. The molecule has 36 heavy (non-hydrogen) atoms. The summed E-state index contributed by atoms with van der Waals surface area (Å²) in [6.07, 6.45) is 2.21. The van der Waals surface area contributed by atoms with Gasteiger partial charge in [0.15, 0.2) is 0 Å². The van der Waals surface area contributed by atoms with E-state index in [4.69, 9.17) is 17.3 Å². The fraction of sp³-hybridized carbons (Fsp3) is 0.440. The molecule has 2 fully saturated rings. The third-order valence-corrected chi connectivity index (χ3v) is 8.56. The molecular weight excluding hydrogens is 504 g/mol. The zero-order chi connectivity index (χ0) is 26.4. The first-order valence-corrected chi connectivity index (χ1v) is 12.8. The van der Waals surface area contributed by atoms with Gasteiger partial charge in [0.2, 0.25) is 11.8 Å². The standard InChI is InChI=1S/C25H29ClN4O5S/c1-13(31)30-10-17(18(20(30)22(27)32)16-11-36-21(19(16)26)24(34)35)28-23(33)14-4-6-15(7-5-14)25(8-9-25)12-29(2)3/h4-7,11,17-18,20H,8-10,12H2,1-3H3,(H2,27,32)(H,28,33)(H,34,35). The van der Waals surface area contributed by atoms with E-state index in [-0.39, 0.29) is 33.7 Å². The monoisotopic (exact) mass is 532 g/mol. The van der Waals surface area contributed by atoms with Crippen molar-refractivity contribution >= 4 is 46.6 Å². The Balaban J connectivity index is 1.61. The molecule has 1 aliphatic heterocycles. The van der Waals surface area contributed by atoms with Crippen LogP contribution in [0.2, 0.25) is 5.02 Å². The van der Waals surface area contributed by atoms with Crippen molar-refractivity contribution in [2.75, 3.05) is 27.2 Å². The third-order valence-electron chi connectivity index (χ3n) is 7.06. The van der Waals surface area contributed by atoms with Gasteiger partial charge in [0.05, 0.1) is 11.1 Å². The Bertz CT molecular complexity index is 1210. The molecular formula is C25H29ClN4O5S. The van der Waals surface area contributed by atoms with Gasteiger partial charge >= 0.3 is 5.97 Å². The Morgan fingerprint density at radius 3 is 2.33 bits per heavy atom. The molecule has 1 aliphatic carbocycles. The number of likely N-dealkylation sites (tertiary alicyclic amines) is 1. The van der Waals surface area contributed by atoms with E-state index >= 15 is 0 Å². The number of hydrogen-bond donors (Lipinski definition) is 3. The average molecular weight is 533 g/mol. The third kappa shape index (κ3) is 4.85. The van der Waals surface area contributed by atoms with Crippen LogP contribution in [0.25, 0.3) is 0 Å². The quantitative estimate of drug-likeness (QED) is 0.478. The van der Waals surface area contributed by atoms with Crippen LogP contribution in [0.15, 0.2) is 29.6 Å². The number of carboxylic acids is 1. The molecule has 0 bridgehead atoms. The molecule has 2 aliphatic rings.